The van der Waals surface area contributed by atoms with Crippen molar-refractivity contribution in [3.63, 3.8) is 0 Å². The molecule has 0 bridgehead atoms. The first-order valence-electron chi connectivity index (χ1n) is 11.3. The molecular formula is C26H23F3N6O. The number of hydrogen-bond acceptors (Lipinski definition) is 4. The van der Waals surface area contributed by atoms with Crippen LogP contribution < -0.4 is 5.32 Å². The zero-order chi connectivity index (χ0) is 25.4. The van der Waals surface area contributed by atoms with Gasteiger partial charge in [-0.25, -0.2) is 9.97 Å². The molecule has 0 unspecified atom stereocenters. The first-order chi connectivity index (χ1) is 17.2. The zero-order valence-electron chi connectivity index (χ0n) is 19.6. The van der Waals surface area contributed by atoms with Gasteiger partial charge in [-0.1, -0.05) is 25.1 Å². The Balaban J connectivity index is 1.36. The Bertz CT molecular complexity index is 1570. The quantitative estimate of drug-likeness (QED) is 0.324. The SMILES string of the molecule is CCN(C)Cc1ccn2cc(C(=O)Nc3nc4cc(-c5cccc(C(F)(F)F)c5)ccc4[nH]3)nc2c1. The van der Waals surface area contributed by atoms with Crippen LogP contribution in [-0.4, -0.2) is 43.8 Å². The predicted octanol–water partition coefficient (Wildman–Crippen LogP) is 5.60. The number of nitrogens with one attached hydrogen (secondary N) is 2. The molecule has 5 aromatic rings. The second kappa shape index (κ2) is 9.12. The number of carbonyl (C=O) groups is 1. The van der Waals surface area contributed by atoms with Crippen LogP contribution in [0.1, 0.15) is 28.5 Å². The van der Waals surface area contributed by atoms with Crippen LogP contribution in [-0.2, 0) is 12.7 Å². The minimum atomic E-state index is -4.42. The Morgan fingerprint density at radius 1 is 1.08 bits per heavy atom. The standard InChI is InChI=1S/C26H23F3N6O/c1-3-34(2)14-16-9-10-35-15-22(30-23(35)11-16)24(36)33-25-31-20-8-7-18(13-21(20)32-25)17-5-4-6-19(12-17)26(27,28)29/h4-13,15H,3,14H2,1-2H3,(H2,31,32,33,36). The molecule has 5 rings (SSSR count). The molecule has 10 heteroatoms. The van der Waals surface area contributed by atoms with E-state index in [-0.39, 0.29) is 11.6 Å². The second-order valence-electron chi connectivity index (χ2n) is 8.61. The van der Waals surface area contributed by atoms with Gasteiger partial charge in [0.25, 0.3) is 5.91 Å². The van der Waals surface area contributed by atoms with Crippen LogP contribution in [0.5, 0.6) is 0 Å². The van der Waals surface area contributed by atoms with Crippen molar-refractivity contribution in [3.05, 3.63) is 83.8 Å². The number of H-pyrrole nitrogens is 1. The number of aromatic nitrogens is 4. The minimum absolute atomic E-state index is 0.221. The number of hydrogen-bond donors (Lipinski definition) is 2. The van der Waals surface area contributed by atoms with Gasteiger partial charge in [-0.2, -0.15) is 13.2 Å². The van der Waals surface area contributed by atoms with Crippen LogP contribution in [0.2, 0.25) is 0 Å². The third kappa shape index (κ3) is 4.80. The Hall–Kier alpha value is -4.18. The van der Waals surface area contributed by atoms with E-state index in [0.29, 0.717) is 27.8 Å². The Kier molecular flexibility index (Phi) is 5.97. The number of carbonyl (C=O) groups excluding carboxylic acids is 1. The number of amides is 1. The van der Waals surface area contributed by atoms with Crippen LogP contribution >= 0.6 is 0 Å². The number of imidazole rings is 2. The van der Waals surface area contributed by atoms with Crippen molar-refractivity contribution in [2.75, 3.05) is 18.9 Å². The highest BCUT2D eigenvalue weighted by molar-refractivity contribution is 6.03. The molecule has 0 aliphatic carbocycles. The Morgan fingerprint density at radius 2 is 1.89 bits per heavy atom. The van der Waals surface area contributed by atoms with Gasteiger partial charge < -0.3 is 14.3 Å². The smallest absolute Gasteiger partial charge is 0.324 e. The monoisotopic (exact) mass is 492 g/mol. The summed E-state index contributed by atoms with van der Waals surface area (Å²) in [6, 6.07) is 14.2. The van der Waals surface area contributed by atoms with Crippen molar-refractivity contribution in [1.82, 2.24) is 24.3 Å². The van der Waals surface area contributed by atoms with E-state index in [1.54, 1.807) is 34.9 Å². The summed E-state index contributed by atoms with van der Waals surface area (Å²) in [6.45, 7) is 3.79. The van der Waals surface area contributed by atoms with Crippen molar-refractivity contribution >= 4 is 28.5 Å². The lowest BCUT2D eigenvalue weighted by molar-refractivity contribution is -0.137. The zero-order valence-corrected chi connectivity index (χ0v) is 19.6. The second-order valence-corrected chi connectivity index (χ2v) is 8.61. The lowest BCUT2D eigenvalue weighted by Crippen LogP contribution is -2.16. The van der Waals surface area contributed by atoms with Gasteiger partial charge in [0, 0.05) is 18.9 Å². The number of pyridine rings is 1. The fourth-order valence-corrected chi connectivity index (χ4v) is 3.95. The summed E-state index contributed by atoms with van der Waals surface area (Å²) in [5, 5.41) is 2.71. The number of anilines is 1. The summed E-state index contributed by atoms with van der Waals surface area (Å²) in [4.78, 5) is 26.8. The van der Waals surface area contributed by atoms with Crippen molar-refractivity contribution in [2.24, 2.45) is 0 Å². The summed E-state index contributed by atoms with van der Waals surface area (Å²) < 4.78 is 41.0. The normalized spacial score (nSPS) is 12.1. The van der Waals surface area contributed by atoms with E-state index >= 15 is 0 Å². The molecule has 0 saturated carbocycles. The molecule has 7 nitrogen and oxygen atoms in total. The van der Waals surface area contributed by atoms with Crippen LogP contribution in [0.4, 0.5) is 19.1 Å². The number of rotatable bonds is 6. The first kappa shape index (κ1) is 23.6. The summed E-state index contributed by atoms with van der Waals surface area (Å²) >= 11 is 0. The maximum absolute atomic E-state index is 13.1. The Morgan fingerprint density at radius 3 is 2.67 bits per heavy atom. The van der Waals surface area contributed by atoms with Gasteiger partial charge in [0.2, 0.25) is 5.95 Å². The Labute approximate surface area is 204 Å². The van der Waals surface area contributed by atoms with E-state index in [2.05, 4.69) is 32.1 Å². The van der Waals surface area contributed by atoms with Crippen LogP contribution in [0.3, 0.4) is 0 Å². The molecule has 184 valence electrons. The van der Waals surface area contributed by atoms with Gasteiger partial charge in [0.1, 0.15) is 11.3 Å². The molecule has 2 N–H and O–H groups in total. The third-order valence-corrected chi connectivity index (χ3v) is 5.99. The summed E-state index contributed by atoms with van der Waals surface area (Å²) in [5.41, 5.74) is 3.45. The van der Waals surface area contributed by atoms with E-state index in [1.807, 2.05) is 25.4 Å². The molecule has 0 saturated heterocycles. The van der Waals surface area contributed by atoms with E-state index in [0.717, 1.165) is 30.8 Å². The summed E-state index contributed by atoms with van der Waals surface area (Å²) in [7, 11) is 2.03. The van der Waals surface area contributed by atoms with Gasteiger partial charge >= 0.3 is 6.18 Å². The largest absolute Gasteiger partial charge is 0.416 e. The molecule has 0 aliphatic rings. The summed E-state index contributed by atoms with van der Waals surface area (Å²) in [5.74, 6) is -0.207. The van der Waals surface area contributed by atoms with Gasteiger partial charge in [-0.05, 0) is 66.7 Å². The highest BCUT2D eigenvalue weighted by Crippen LogP contribution is 2.33. The number of fused-ring (bicyclic) bond motifs is 2. The lowest BCUT2D eigenvalue weighted by Gasteiger charge is -2.13. The van der Waals surface area contributed by atoms with Crippen LogP contribution in [0.25, 0.3) is 27.8 Å². The summed E-state index contributed by atoms with van der Waals surface area (Å²) in [6.07, 6.45) is -0.907. The average molecular weight is 493 g/mol. The number of halogens is 3. The molecule has 0 spiro atoms. The molecule has 0 radical (unpaired) electrons. The molecule has 36 heavy (non-hydrogen) atoms. The van der Waals surface area contributed by atoms with Crippen molar-refractivity contribution in [1.29, 1.82) is 0 Å². The molecule has 2 aromatic carbocycles. The predicted molar refractivity (Wildman–Crippen MR) is 132 cm³/mol. The van der Waals surface area contributed by atoms with E-state index in [4.69, 9.17) is 0 Å². The average Bonchev–Trinajstić information content (AvgIpc) is 3.46. The van der Waals surface area contributed by atoms with Gasteiger partial charge in [0.15, 0.2) is 0 Å². The van der Waals surface area contributed by atoms with Crippen molar-refractivity contribution in [3.8, 4) is 11.1 Å². The first-order valence-corrected chi connectivity index (χ1v) is 11.3. The molecular weight excluding hydrogens is 469 g/mol. The van der Waals surface area contributed by atoms with Crippen molar-refractivity contribution < 1.29 is 18.0 Å². The maximum atomic E-state index is 13.1. The molecule has 0 atom stereocenters. The minimum Gasteiger partial charge on any atom is -0.324 e. The number of benzene rings is 2. The number of aromatic amines is 1. The number of nitrogens with zero attached hydrogens (tertiary/aromatic N) is 4. The fraction of sp³-hybridized carbons (Fsp3) is 0.192. The third-order valence-electron chi connectivity index (χ3n) is 5.99. The van der Waals surface area contributed by atoms with Gasteiger partial charge in [-0.15, -0.1) is 0 Å². The topological polar surface area (TPSA) is 78.3 Å². The van der Waals surface area contributed by atoms with E-state index in [9.17, 15) is 18.0 Å². The van der Waals surface area contributed by atoms with Gasteiger partial charge in [0.05, 0.1) is 16.6 Å². The van der Waals surface area contributed by atoms with Crippen LogP contribution in [0, 0.1) is 0 Å². The molecule has 1 amide bonds. The van der Waals surface area contributed by atoms with Crippen molar-refractivity contribution in [2.45, 2.75) is 19.6 Å². The van der Waals surface area contributed by atoms with E-state index in [1.165, 1.54) is 6.07 Å². The van der Waals surface area contributed by atoms with E-state index < -0.39 is 17.6 Å². The maximum Gasteiger partial charge on any atom is 0.416 e. The number of alkyl halides is 3. The molecule has 0 aliphatic heterocycles. The molecule has 3 heterocycles. The van der Waals surface area contributed by atoms with Crippen LogP contribution in [0.15, 0.2) is 67.0 Å². The molecule has 0 fully saturated rings. The highest BCUT2D eigenvalue weighted by atomic mass is 19.4. The molecule has 3 aromatic heterocycles. The highest BCUT2D eigenvalue weighted by Gasteiger charge is 2.30. The fourth-order valence-electron chi connectivity index (χ4n) is 3.95. The lowest BCUT2D eigenvalue weighted by atomic mass is 10.0. The van der Waals surface area contributed by atoms with Gasteiger partial charge in [-0.3, -0.25) is 10.1 Å².